The smallest absolute Gasteiger partial charge is 0.247 e. The third-order valence-corrected chi connectivity index (χ3v) is 5.49. The van der Waals surface area contributed by atoms with Crippen LogP contribution in [-0.2, 0) is 22.6 Å². The molecule has 6 heteroatoms. The highest BCUT2D eigenvalue weighted by molar-refractivity contribution is 5.98. The number of anilines is 1. The van der Waals surface area contributed by atoms with Crippen molar-refractivity contribution in [2.75, 3.05) is 5.32 Å². The van der Waals surface area contributed by atoms with E-state index in [2.05, 4.69) is 41.9 Å². The molecule has 0 spiro atoms. The fraction of sp³-hybridized carbons (Fsp3) is 0.417. The SMILES string of the molecule is CC(C)c1ccc(NC(=O)[C@H](NC(=O)[C@@H]2Cc3ccccc3CN2)C(C)C)cc1.Cl. The summed E-state index contributed by atoms with van der Waals surface area (Å²) in [5.41, 5.74) is 4.37. The molecule has 0 fully saturated rings. The summed E-state index contributed by atoms with van der Waals surface area (Å²) in [5.74, 6) is 0.0886. The van der Waals surface area contributed by atoms with E-state index < -0.39 is 6.04 Å². The first-order valence-corrected chi connectivity index (χ1v) is 10.4. The van der Waals surface area contributed by atoms with Gasteiger partial charge in [-0.2, -0.15) is 0 Å². The number of carbonyl (C=O) groups is 2. The predicted octanol–water partition coefficient (Wildman–Crippen LogP) is 4.03. The molecule has 162 valence electrons. The number of nitrogens with one attached hydrogen (secondary N) is 3. The van der Waals surface area contributed by atoms with E-state index in [9.17, 15) is 9.59 Å². The number of fused-ring (bicyclic) bond motifs is 1. The fourth-order valence-electron chi connectivity index (χ4n) is 3.60. The molecule has 0 saturated carbocycles. The highest BCUT2D eigenvalue weighted by atomic mass is 35.5. The second kappa shape index (κ2) is 10.6. The monoisotopic (exact) mass is 429 g/mol. The number of carbonyl (C=O) groups excluding carboxylic acids is 2. The van der Waals surface area contributed by atoms with Crippen LogP contribution in [0.3, 0.4) is 0 Å². The maximum atomic E-state index is 12.8. The van der Waals surface area contributed by atoms with Gasteiger partial charge in [-0.05, 0) is 47.1 Å². The molecule has 0 aromatic heterocycles. The lowest BCUT2D eigenvalue weighted by Gasteiger charge is -2.28. The average Bonchev–Trinajstić information content (AvgIpc) is 2.71. The van der Waals surface area contributed by atoms with E-state index in [0.717, 1.165) is 5.69 Å². The quantitative estimate of drug-likeness (QED) is 0.649. The van der Waals surface area contributed by atoms with Gasteiger partial charge in [-0.1, -0.05) is 64.1 Å². The highest BCUT2D eigenvalue weighted by Gasteiger charge is 2.29. The van der Waals surface area contributed by atoms with E-state index in [4.69, 9.17) is 0 Å². The molecule has 0 aliphatic carbocycles. The Morgan fingerprint density at radius 2 is 1.60 bits per heavy atom. The standard InChI is InChI=1S/C24H31N3O2.ClH/c1-15(2)17-9-11-20(12-10-17)26-24(29)22(16(3)4)27-23(28)21-13-18-7-5-6-8-19(18)14-25-21;/h5-12,15-16,21-22,25H,13-14H2,1-4H3,(H,26,29)(H,27,28);1H/t21-,22+;/m0./s1. The van der Waals surface area contributed by atoms with Crippen molar-refractivity contribution >= 4 is 29.9 Å². The lowest BCUT2D eigenvalue weighted by molar-refractivity contribution is -0.128. The predicted molar refractivity (Wildman–Crippen MR) is 124 cm³/mol. The van der Waals surface area contributed by atoms with Crippen LogP contribution in [0.15, 0.2) is 48.5 Å². The van der Waals surface area contributed by atoms with Crippen LogP contribution in [0, 0.1) is 5.92 Å². The molecule has 1 aliphatic rings. The first kappa shape index (κ1) is 23.9. The molecule has 2 atom stereocenters. The van der Waals surface area contributed by atoms with Crippen molar-refractivity contribution in [3.05, 3.63) is 65.2 Å². The normalized spacial score (nSPS) is 16.4. The lowest BCUT2D eigenvalue weighted by atomic mass is 9.94. The Kier molecular flexibility index (Phi) is 8.44. The van der Waals surface area contributed by atoms with Gasteiger partial charge in [0.1, 0.15) is 6.04 Å². The summed E-state index contributed by atoms with van der Waals surface area (Å²) in [6.07, 6.45) is 0.630. The molecule has 1 aliphatic heterocycles. The molecule has 30 heavy (non-hydrogen) atoms. The Balaban J connectivity index is 0.00000320. The van der Waals surface area contributed by atoms with E-state index in [-0.39, 0.29) is 36.2 Å². The Labute approximate surface area is 185 Å². The topological polar surface area (TPSA) is 70.2 Å². The summed E-state index contributed by atoms with van der Waals surface area (Å²) in [4.78, 5) is 25.7. The van der Waals surface area contributed by atoms with Gasteiger partial charge in [-0.15, -0.1) is 12.4 Å². The van der Waals surface area contributed by atoms with Gasteiger partial charge in [0, 0.05) is 12.2 Å². The molecule has 0 bridgehead atoms. The zero-order chi connectivity index (χ0) is 21.0. The number of hydrogen-bond acceptors (Lipinski definition) is 3. The van der Waals surface area contributed by atoms with Crippen molar-refractivity contribution < 1.29 is 9.59 Å². The summed E-state index contributed by atoms with van der Waals surface area (Å²) < 4.78 is 0. The van der Waals surface area contributed by atoms with Crippen LogP contribution in [0.2, 0.25) is 0 Å². The van der Waals surface area contributed by atoms with Crippen LogP contribution >= 0.6 is 12.4 Å². The maximum absolute atomic E-state index is 12.8. The van der Waals surface area contributed by atoms with Gasteiger partial charge in [0.05, 0.1) is 6.04 Å². The Morgan fingerprint density at radius 1 is 0.967 bits per heavy atom. The van der Waals surface area contributed by atoms with E-state index in [1.54, 1.807) is 0 Å². The average molecular weight is 430 g/mol. The summed E-state index contributed by atoms with van der Waals surface area (Å²) in [5, 5.41) is 9.17. The third-order valence-electron chi connectivity index (χ3n) is 5.49. The Bertz CT molecular complexity index is 865. The van der Waals surface area contributed by atoms with Gasteiger partial charge < -0.3 is 16.0 Å². The van der Waals surface area contributed by atoms with Crippen LogP contribution < -0.4 is 16.0 Å². The second-order valence-corrected chi connectivity index (χ2v) is 8.40. The fourth-order valence-corrected chi connectivity index (χ4v) is 3.60. The first-order chi connectivity index (χ1) is 13.8. The highest BCUT2D eigenvalue weighted by Crippen LogP contribution is 2.19. The van der Waals surface area contributed by atoms with E-state index in [1.165, 1.54) is 16.7 Å². The van der Waals surface area contributed by atoms with E-state index in [0.29, 0.717) is 18.9 Å². The van der Waals surface area contributed by atoms with Crippen molar-refractivity contribution in [3.63, 3.8) is 0 Å². The molecule has 1 heterocycles. The van der Waals surface area contributed by atoms with Gasteiger partial charge in [-0.3, -0.25) is 9.59 Å². The summed E-state index contributed by atoms with van der Waals surface area (Å²) in [6.45, 7) is 8.81. The minimum absolute atomic E-state index is 0. The van der Waals surface area contributed by atoms with E-state index in [1.807, 2.05) is 50.2 Å². The summed E-state index contributed by atoms with van der Waals surface area (Å²) >= 11 is 0. The lowest BCUT2D eigenvalue weighted by Crippen LogP contribution is -2.54. The zero-order valence-electron chi connectivity index (χ0n) is 18.1. The van der Waals surface area contributed by atoms with Crippen LogP contribution in [0.25, 0.3) is 0 Å². The zero-order valence-corrected chi connectivity index (χ0v) is 18.9. The Hall–Kier alpha value is -2.37. The van der Waals surface area contributed by atoms with Gasteiger partial charge in [0.15, 0.2) is 0 Å². The second-order valence-electron chi connectivity index (χ2n) is 8.40. The summed E-state index contributed by atoms with van der Waals surface area (Å²) in [7, 11) is 0. The molecule has 2 aromatic rings. The van der Waals surface area contributed by atoms with Crippen molar-refractivity contribution in [2.24, 2.45) is 5.92 Å². The molecular formula is C24H32ClN3O2. The minimum Gasteiger partial charge on any atom is -0.343 e. The molecule has 0 saturated heterocycles. The maximum Gasteiger partial charge on any atom is 0.247 e. The molecule has 3 rings (SSSR count). The molecule has 0 radical (unpaired) electrons. The van der Waals surface area contributed by atoms with Gasteiger partial charge in [0.25, 0.3) is 0 Å². The van der Waals surface area contributed by atoms with Crippen molar-refractivity contribution in [1.82, 2.24) is 10.6 Å². The summed E-state index contributed by atoms with van der Waals surface area (Å²) in [6, 6.07) is 15.1. The van der Waals surface area contributed by atoms with E-state index >= 15 is 0 Å². The molecule has 3 N–H and O–H groups in total. The number of amides is 2. The molecule has 2 amide bonds. The first-order valence-electron chi connectivity index (χ1n) is 10.4. The van der Waals surface area contributed by atoms with Crippen LogP contribution in [0.1, 0.15) is 50.3 Å². The van der Waals surface area contributed by atoms with Gasteiger partial charge in [-0.25, -0.2) is 0 Å². The molecular weight excluding hydrogens is 398 g/mol. The van der Waals surface area contributed by atoms with Crippen LogP contribution in [0.4, 0.5) is 5.69 Å². The van der Waals surface area contributed by atoms with Gasteiger partial charge >= 0.3 is 0 Å². The largest absolute Gasteiger partial charge is 0.343 e. The van der Waals surface area contributed by atoms with Gasteiger partial charge in [0.2, 0.25) is 11.8 Å². The molecule has 5 nitrogen and oxygen atoms in total. The third kappa shape index (κ3) is 5.83. The Morgan fingerprint density at radius 3 is 2.20 bits per heavy atom. The molecule has 2 aromatic carbocycles. The number of benzene rings is 2. The van der Waals surface area contributed by atoms with Crippen molar-refractivity contribution in [2.45, 2.75) is 58.7 Å². The number of hydrogen-bond donors (Lipinski definition) is 3. The number of rotatable bonds is 6. The van der Waals surface area contributed by atoms with Crippen molar-refractivity contribution in [3.8, 4) is 0 Å². The minimum atomic E-state index is -0.591. The number of halogens is 1. The van der Waals surface area contributed by atoms with Crippen LogP contribution in [-0.4, -0.2) is 23.9 Å². The van der Waals surface area contributed by atoms with Crippen molar-refractivity contribution in [1.29, 1.82) is 0 Å². The van der Waals surface area contributed by atoms with Crippen LogP contribution in [0.5, 0.6) is 0 Å². The molecule has 0 unspecified atom stereocenters.